The lowest BCUT2D eigenvalue weighted by molar-refractivity contribution is -0.142. The van der Waals surface area contributed by atoms with E-state index < -0.39 is 34.8 Å². The number of halogens is 1. The van der Waals surface area contributed by atoms with Crippen LogP contribution in [0.5, 0.6) is 0 Å². The van der Waals surface area contributed by atoms with Crippen LogP contribution in [-0.4, -0.2) is 33.0 Å². The minimum absolute atomic E-state index is 0.0733. The van der Waals surface area contributed by atoms with Gasteiger partial charge in [-0.05, 0) is 23.1 Å². The van der Waals surface area contributed by atoms with Gasteiger partial charge in [0.2, 0.25) is 11.8 Å². The second-order valence-corrected chi connectivity index (χ2v) is 10.1. The molecule has 4 rings (SSSR count). The summed E-state index contributed by atoms with van der Waals surface area (Å²) in [5.41, 5.74) is 6.58. The summed E-state index contributed by atoms with van der Waals surface area (Å²) in [5.74, 6) is -2.09. The van der Waals surface area contributed by atoms with Crippen LogP contribution in [0.25, 0.3) is 0 Å². The summed E-state index contributed by atoms with van der Waals surface area (Å²) >= 11 is 2.43. The molecule has 0 aliphatic carbocycles. The minimum atomic E-state index is -1.24. The number of amidine groups is 1. The Morgan fingerprint density at radius 2 is 1.83 bits per heavy atom. The fraction of sp³-hybridized carbons (Fsp3) is 0.200. The molecule has 7 nitrogen and oxygen atoms in total. The van der Waals surface area contributed by atoms with Crippen molar-refractivity contribution < 1.29 is 18.8 Å². The maximum Gasteiger partial charge on any atom is 0.262 e. The van der Waals surface area contributed by atoms with E-state index in [2.05, 4.69) is 10.3 Å². The number of nitrogens with one attached hydrogen (secondary N) is 1. The molecule has 35 heavy (non-hydrogen) atoms. The first-order chi connectivity index (χ1) is 16.9. The number of carbonyl (C=O) groups excluding carboxylic acids is 3. The number of nitrogens with two attached hydrogens (primary N) is 1. The van der Waals surface area contributed by atoms with Gasteiger partial charge in [0.1, 0.15) is 17.1 Å². The molecule has 0 radical (unpaired) electrons. The van der Waals surface area contributed by atoms with Gasteiger partial charge in [-0.25, -0.2) is 4.39 Å². The monoisotopic (exact) mass is 510 g/mol. The van der Waals surface area contributed by atoms with Crippen LogP contribution < -0.4 is 11.1 Å². The number of rotatable bonds is 9. The summed E-state index contributed by atoms with van der Waals surface area (Å²) < 4.78 is 15.0. The van der Waals surface area contributed by atoms with Gasteiger partial charge in [-0.3, -0.25) is 14.4 Å². The second-order valence-electron chi connectivity index (χ2n) is 7.83. The van der Waals surface area contributed by atoms with Crippen molar-refractivity contribution in [2.24, 2.45) is 10.7 Å². The lowest BCUT2D eigenvalue weighted by atomic mass is 10.0. The standard InChI is InChI=1S/C25H23FN4O3S2/c26-19-11-5-4-10-18(19)22(24(33)28-14-16-7-2-1-3-8-16)30(15-17-9-6-12-34-17)21(31)13-20-23(32)29-25(27)35-20/h1-12,20,22H,13-15H2,(H,28,33)(H2,27,29,32)/t20-,22+/m0/s1. The third-order valence-electron chi connectivity index (χ3n) is 5.41. The van der Waals surface area contributed by atoms with Crippen molar-refractivity contribution in [2.45, 2.75) is 30.8 Å². The van der Waals surface area contributed by atoms with Crippen molar-refractivity contribution in [3.8, 4) is 0 Å². The van der Waals surface area contributed by atoms with Crippen molar-refractivity contribution in [1.82, 2.24) is 10.2 Å². The number of aliphatic imine (C=N–C) groups is 1. The Balaban J connectivity index is 1.66. The van der Waals surface area contributed by atoms with Gasteiger partial charge in [0.15, 0.2) is 5.17 Å². The molecule has 10 heteroatoms. The first kappa shape index (κ1) is 24.6. The van der Waals surface area contributed by atoms with Crippen LogP contribution in [0.2, 0.25) is 0 Å². The highest BCUT2D eigenvalue weighted by atomic mass is 32.2. The highest BCUT2D eigenvalue weighted by Crippen LogP contribution is 2.30. The minimum Gasteiger partial charge on any atom is -0.378 e. The molecule has 0 unspecified atom stereocenters. The molecule has 2 atom stereocenters. The van der Waals surface area contributed by atoms with Gasteiger partial charge in [-0.15, -0.1) is 11.3 Å². The van der Waals surface area contributed by atoms with Gasteiger partial charge in [-0.2, -0.15) is 4.99 Å². The van der Waals surface area contributed by atoms with Gasteiger partial charge >= 0.3 is 0 Å². The van der Waals surface area contributed by atoms with E-state index in [1.54, 1.807) is 6.07 Å². The second kappa shape index (κ2) is 11.3. The van der Waals surface area contributed by atoms with Crippen LogP contribution in [0.1, 0.15) is 28.5 Å². The third kappa shape index (κ3) is 6.14. The zero-order chi connectivity index (χ0) is 24.8. The number of amides is 3. The number of thiophene rings is 1. The zero-order valence-corrected chi connectivity index (χ0v) is 20.2. The lowest BCUT2D eigenvalue weighted by Crippen LogP contribution is -2.44. The number of thioether (sulfide) groups is 1. The quantitative estimate of drug-likeness (QED) is 0.458. The Morgan fingerprint density at radius 1 is 1.09 bits per heavy atom. The van der Waals surface area contributed by atoms with E-state index in [-0.39, 0.29) is 30.2 Å². The maximum atomic E-state index is 15.0. The summed E-state index contributed by atoms with van der Waals surface area (Å²) in [6.45, 7) is 0.295. The maximum absolute atomic E-state index is 15.0. The molecule has 0 saturated carbocycles. The number of carbonyl (C=O) groups is 3. The predicted octanol–water partition coefficient (Wildman–Crippen LogP) is 3.62. The molecule has 2 aromatic carbocycles. The van der Waals surface area contributed by atoms with Crippen molar-refractivity contribution >= 4 is 46.0 Å². The van der Waals surface area contributed by atoms with E-state index in [1.165, 1.54) is 34.4 Å². The number of hydrogen-bond donors (Lipinski definition) is 2. The molecule has 1 aliphatic heterocycles. The summed E-state index contributed by atoms with van der Waals surface area (Å²) in [7, 11) is 0. The van der Waals surface area contributed by atoms with Crippen LogP contribution in [0.3, 0.4) is 0 Å². The van der Waals surface area contributed by atoms with Crippen molar-refractivity contribution in [2.75, 3.05) is 0 Å². The van der Waals surface area contributed by atoms with Gasteiger partial charge in [0.25, 0.3) is 5.91 Å². The van der Waals surface area contributed by atoms with Gasteiger partial charge in [0, 0.05) is 23.4 Å². The molecule has 3 amide bonds. The average molecular weight is 511 g/mol. The zero-order valence-electron chi connectivity index (χ0n) is 18.6. The first-order valence-electron chi connectivity index (χ1n) is 10.8. The molecular formula is C25H23FN4O3S2. The van der Waals surface area contributed by atoms with E-state index in [9.17, 15) is 18.8 Å². The van der Waals surface area contributed by atoms with E-state index in [1.807, 2.05) is 47.8 Å². The fourth-order valence-electron chi connectivity index (χ4n) is 3.73. The number of nitrogens with zero attached hydrogens (tertiary/aromatic N) is 2. The molecule has 3 N–H and O–H groups in total. The molecule has 3 aromatic rings. The van der Waals surface area contributed by atoms with Crippen molar-refractivity contribution in [1.29, 1.82) is 0 Å². The molecule has 0 bridgehead atoms. The summed E-state index contributed by atoms with van der Waals surface area (Å²) in [5, 5.41) is 4.02. The molecular weight excluding hydrogens is 487 g/mol. The van der Waals surface area contributed by atoms with Crippen LogP contribution >= 0.6 is 23.1 Å². The van der Waals surface area contributed by atoms with Crippen molar-refractivity contribution in [3.05, 3.63) is 93.9 Å². The van der Waals surface area contributed by atoms with Crippen LogP contribution in [0, 0.1) is 5.82 Å². The summed E-state index contributed by atoms with van der Waals surface area (Å²) in [6, 6.07) is 17.6. The van der Waals surface area contributed by atoms with Crippen molar-refractivity contribution in [3.63, 3.8) is 0 Å². The summed E-state index contributed by atoms with van der Waals surface area (Å²) in [4.78, 5) is 45.0. The molecule has 0 spiro atoms. The Labute approximate surface area is 210 Å². The van der Waals surface area contributed by atoms with E-state index >= 15 is 0 Å². The SMILES string of the molecule is NC1=NC(=O)[C@H](CC(=O)N(Cc2cccs2)[C@@H](C(=O)NCc2ccccc2)c2ccccc2F)S1. The number of hydrogen-bond acceptors (Lipinski definition) is 6. The predicted molar refractivity (Wildman–Crippen MR) is 135 cm³/mol. The largest absolute Gasteiger partial charge is 0.378 e. The molecule has 1 aliphatic rings. The van der Waals surface area contributed by atoms with Crippen LogP contribution in [0.4, 0.5) is 4.39 Å². The first-order valence-corrected chi connectivity index (χ1v) is 12.6. The molecule has 0 saturated heterocycles. The summed E-state index contributed by atoms with van der Waals surface area (Å²) in [6.07, 6.45) is -0.212. The molecule has 180 valence electrons. The Bertz CT molecular complexity index is 1230. The van der Waals surface area contributed by atoms with Crippen LogP contribution in [0.15, 0.2) is 77.1 Å². The Kier molecular flexibility index (Phi) is 7.94. The van der Waals surface area contributed by atoms with E-state index in [0.29, 0.717) is 0 Å². The molecule has 1 aromatic heterocycles. The highest BCUT2D eigenvalue weighted by molar-refractivity contribution is 8.15. The Morgan fingerprint density at radius 3 is 2.49 bits per heavy atom. The smallest absolute Gasteiger partial charge is 0.262 e. The Hall–Kier alpha value is -3.50. The normalized spacial score (nSPS) is 16.0. The average Bonchev–Trinajstić information content (AvgIpc) is 3.47. The van der Waals surface area contributed by atoms with E-state index in [0.717, 1.165) is 22.2 Å². The van der Waals surface area contributed by atoms with Gasteiger partial charge in [-0.1, -0.05) is 66.4 Å². The lowest BCUT2D eigenvalue weighted by Gasteiger charge is -2.32. The third-order valence-corrected chi connectivity index (χ3v) is 7.26. The highest BCUT2D eigenvalue weighted by Gasteiger charge is 2.37. The van der Waals surface area contributed by atoms with Crippen LogP contribution in [-0.2, 0) is 27.5 Å². The van der Waals surface area contributed by atoms with Gasteiger partial charge in [0.05, 0.1) is 6.54 Å². The molecule has 2 heterocycles. The van der Waals surface area contributed by atoms with Gasteiger partial charge < -0.3 is 16.0 Å². The number of benzene rings is 2. The molecule has 0 fully saturated rings. The topological polar surface area (TPSA) is 105 Å². The fourth-order valence-corrected chi connectivity index (χ4v) is 5.25. The van der Waals surface area contributed by atoms with E-state index in [4.69, 9.17) is 5.73 Å².